The molecule has 0 saturated carbocycles. The summed E-state index contributed by atoms with van der Waals surface area (Å²) in [6, 6.07) is 1.33. The predicted molar refractivity (Wildman–Crippen MR) is 91.5 cm³/mol. The van der Waals surface area contributed by atoms with Gasteiger partial charge >= 0.3 is 6.03 Å². The second-order valence-electron chi connectivity index (χ2n) is 6.13. The number of hydrogen-bond acceptors (Lipinski definition) is 4. The van der Waals surface area contributed by atoms with Crippen LogP contribution < -0.4 is 10.6 Å². The normalized spacial score (nSPS) is 19.3. The van der Waals surface area contributed by atoms with Crippen molar-refractivity contribution in [2.24, 2.45) is 0 Å². The van der Waals surface area contributed by atoms with E-state index in [4.69, 9.17) is 0 Å². The highest BCUT2D eigenvalue weighted by molar-refractivity contribution is 7.88. The van der Waals surface area contributed by atoms with E-state index in [0.29, 0.717) is 18.8 Å². The molecule has 1 fully saturated rings. The number of anilines is 1. The molecule has 0 aromatic carbocycles. The van der Waals surface area contributed by atoms with Gasteiger partial charge in [-0.3, -0.25) is 0 Å². The highest BCUT2D eigenvalue weighted by atomic mass is 32.2. The predicted octanol–water partition coefficient (Wildman–Crippen LogP) is 1.19. The summed E-state index contributed by atoms with van der Waals surface area (Å²) in [5.41, 5.74) is 2.46. The van der Waals surface area contributed by atoms with Gasteiger partial charge < -0.3 is 15.0 Å². The quantitative estimate of drug-likeness (QED) is 0.868. The Bertz CT molecular complexity index is 861. The van der Waals surface area contributed by atoms with Gasteiger partial charge in [0.2, 0.25) is 10.0 Å². The second-order valence-corrected chi connectivity index (χ2v) is 8.11. The van der Waals surface area contributed by atoms with Crippen LogP contribution in [0.4, 0.5) is 10.5 Å². The summed E-state index contributed by atoms with van der Waals surface area (Å²) in [6.45, 7) is 2.75. The Morgan fingerprint density at radius 1 is 1.42 bits per heavy atom. The molecule has 1 saturated heterocycles. The number of nitrogens with one attached hydrogen (secondary N) is 2. The number of fused-ring (bicyclic) bond motifs is 1. The van der Waals surface area contributed by atoms with Crippen LogP contribution in [0.5, 0.6) is 0 Å². The Balaban J connectivity index is 1.64. The largest absolute Gasteiger partial charge is 0.334 e. The minimum absolute atomic E-state index is 0.188. The summed E-state index contributed by atoms with van der Waals surface area (Å²) in [4.78, 5) is 16.4. The number of aryl methyl sites for hydroxylation is 1. The van der Waals surface area contributed by atoms with Gasteiger partial charge in [-0.05, 0) is 31.4 Å². The highest BCUT2D eigenvalue weighted by Crippen LogP contribution is 2.16. The van der Waals surface area contributed by atoms with Gasteiger partial charge in [-0.2, -0.15) is 0 Å². The molecule has 0 spiro atoms. The van der Waals surface area contributed by atoms with Crippen molar-refractivity contribution >= 4 is 27.4 Å². The topological polar surface area (TPSA) is 95.8 Å². The monoisotopic (exact) mass is 351 g/mol. The number of nitrogens with zero attached hydrogens (tertiary/aromatic N) is 3. The first-order chi connectivity index (χ1) is 11.3. The number of urea groups is 1. The van der Waals surface area contributed by atoms with Crippen LogP contribution in [-0.2, 0) is 10.0 Å². The van der Waals surface area contributed by atoms with Gasteiger partial charge in [0.1, 0.15) is 5.65 Å². The fourth-order valence-corrected chi connectivity index (χ4v) is 3.90. The SMILES string of the molecule is Cc1cc(NC(=O)NC2CCCN(S(C)(=O)=O)C2)cn2ccnc12. The van der Waals surface area contributed by atoms with Gasteiger partial charge in [0.15, 0.2) is 0 Å². The van der Waals surface area contributed by atoms with Crippen LogP contribution in [0.1, 0.15) is 18.4 Å². The molecule has 1 aliphatic rings. The molecule has 1 unspecified atom stereocenters. The van der Waals surface area contributed by atoms with Crippen molar-refractivity contribution in [2.75, 3.05) is 24.7 Å². The molecule has 0 aliphatic carbocycles. The lowest BCUT2D eigenvalue weighted by molar-refractivity contribution is 0.236. The summed E-state index contributed by atoms with van der Waals surface area (Å²) in [6.07, 6.45) is 8.00. The summed E-state index contributed by atoms with van der Waals surface area (Å²) in [7, 11) is -3.23. The Morgan fingerprint density at radius 3 is 2.96 bits per heavy atom. The number of carbonyl (C=O) groups is 1. The summed E-state index contributed by atoms with van der Waals surface area (Å²) >= 11 is 0. The molecule has 3 heterocycles. The smallest absolute Gasteiger partial charge is 0.319 e. The van der Waals surface area contributed by atoms with Crippen molar-refractivity contribution in [3.05, 3.63) is 30.2 Å². The molecule has 0 bridgehead atoms. The van der Waals surface area contributed by atoms with Crippen LogP contribution in [0.15, 0.2) is 24.7 Å². The van der Waals surface area contributed by atoms with E-state index < -0.39 is 10.0 Å². The van der Waals surface area contributed by atoms with Crippen LogP contribution in [-0.4, -0.2) is 53.5 Å². The molecular formula is C15H21N5O3S. The number of aromatic nitrogens is 2. The number of carbonyl (C=O) groups excluding carboxylic acids is 1. The minimum atomic E-state index is -3.23. The Labute approximate surface area is 140 Å². The molecule has 2 N–H and O–H groups in total. The summed E-state index contributed by atoms with van der Waals surface area (Å²) < 4.78 is 26.5. The van der Waals surface area contributed by atoms with Gasteiger partial charge in [0, 0.05) is 37.7 Å². The number of rotatable bonds is 3. The molecule has 2 aromatic rings. The molecular weight excluding hydrogens is 330 g/mol. The number of imidazole rings is 1. The molecule has 0 radical (unpaired) electrons. The standard InChI is InChI=1S/C15H21N5O3S/c1-11-8-13(9-19-7-5-16-14(11)19)18-15(21)17-12-4-3-6-20(10-12)24(2,22)23/h5,7-9,12H,3-4,6,10H2,1-2H3,(H2,17,18,21). The maximum atomic E-state index is 12.2. The fraction of sp³-hybridized carbons (Fsp3) is 0.467. The first-order valence-corrected chi connectivity index (χ1v) is 9.64. The van der Waals surface area contributed by atoms with Crippen LogP contribution in [0.3, 0.4) is 0 Å². The Kier molecular flexibility index (Phi) is 4.46. The van der Waals surface area contributed by atoms with E-state index in [9.17, 15) is 13.2 Å². The maximum absolute atomic E-state index is 12.2. The molecule has 2 amide bonds. The summed E-state index contributed by atoms with van der Waals surface area (Å²) in [5, 5.41) is 5.65. The molecule has 1 aliphatic heterocycles. The zero-order valence-corrected chi connectivity index (χ0v) is 14.5. The van der Waals surface area contributed by atoms with Crippen molar-refractivity contribution in [1.82, 2.24) is 19.0 Å². The molecule has 24 heavy (non-hydrogen) atoms. The lowest BCUT2D eigenvalue weighted by Gasteiger charge is -2.31. The second kappa shape index (κ2) is 6.40. The molecule has 1 atom stereocenters. The molecule has 3 rings (SSSR count). The van der Waals surface area contributed by atoms with E-state index in [1.54, 1.807) is 12.4 Å². The molecule has 9 heteroatoms. The number of pyridine rings is 1. The van der Waals surface area contributed by atoms with Gasteiger partial charge in [0.25, 0.3) is 0 Å². The van der Waals surface area contributed by atoms with Crippen LogP contribution in [0, 0.1) is 6.92 Å². The van der Waals surface area contributed by atoms with Crippen molar-refractivity contribution in [2.45, 2.75) is 25.8 Å². The van der Waals surface area contributed by atoms with E-state index in [-0.39, 0.29) is 12.1 Å². The van der Waals surface area contributed by atoms with Gasteiger partial charge in [0.05, 0.1) is 11.9 Å². The van der Waals surface area contributed by atoms with Crippen molar-refractivity contribution < 1.29 is 13.2 Å². The summed E-state index contributed by atoms with van der Waals surface area (Å²) in [5.74, 6) is 0. The van der Waals surface area contributed by atoms with Crippen LogP contribution >= 0.6 is 0 Å². The van der Waals surface area contributed by atoms with Crippen LogP contribution in [0.2, 0.25) is 0 Å². The number of amides is 2. The van der Waals surface area contributed by atoms with Gasteiger partial charge in [-0.1, -0.05) is 0 Å². The maximum Gasteiger partial charge on any atom is 0.319 e. The lowest BCUT2D eigenvalue weighted by atomic mass is 10.1. The minimum Gasteiger partial charge on any atom is -0.334 e. The zero-order chi connectivity index (χ0) is 17.3. The van der Waals surface area contributed by atoms with Crippen molar-refractivity contribution in [3.63, 3.8) is 0 Å². The lowest BCUT2D eigenvalue weighted by Crippen LogP contribution is -2.50. The fourth-order valence-electron chi connectivity index (χ4n) is 2.99. The molecule has 2 aromatic heterocycles. The zero-order valence-electron chi connectivity index (χ0n) is 13.7. The Morgan fingerprint density at radius 2 is 2.21 bits per heavy atom. The number of sulfonamides is 1. The first kappa shape index (κ1) is 16.7. The highest BCUT2D eigenvalue weighted by Gasteiger charge is 2.26. The first-order valence-electron chi connectivity index (χ1n) is 7.79. The number of hydrogen-bond donors (Lipinski definition) is 2. The van der Waals surface area contributed by atoms with E-state index in [1.165, 1.54) is 10.6 Å². The van der Waals surface area contributed by atoms with E-state index in [2.05, 4.69) is 15.6 Å². The third-order valence-corrected chi connectivity index (χ3v) is 5.39. The average molecular weight is 351 g/mol. The van der Waals surface area contributed by atoms with Crippen LogP contribution in [0.25, 0.3) is 5.65 Å². The molecule has 8 nitrogen and oxygen atoms in total. The third kappa shape index (κ3) is 3.68. The van der Waals surface area contributed by atoms with Crippen molar-refractivity contribution in [3.8, 4) is 0 Å². The van der Waals surface area contributed by atoms with E-state index in [0.717, 1.165) is 24.1 Å². The van der Waals surface area contributed by atoms with Gasteiger partial charge in [-0.25, -0.2) is 22.5 Å². The molecule has 130 valence electrons. The average Bonchev–Trinajstić information content (AvgIpc) is 2.95. The third-order valence-electron chi connectivity index (χ3n) is 4.12. The Hall–Kier alpha value is -2.13. The van der Waals surface area contributed by atoms with E-state index >= 15 is 0 Å². The number of piperidine rings is 1. The van der Waals surface area contributed by atoms with Crippen molar-refractivity contribution in [1.29, 1.82) is 0 Å². The van der Waals surface area contributed by atoms with E-state index in [1.807, 2.05) is 23.6 Å². The van der Waals surface area contributed by atoms with Gasteiger partial charge in [-0.15, -0.1) is 0 Å².